The summed E-state index contributed by atoms with van der Waals surface area (Å²) in [6.07, 6.45) is 8.79. The molecule has 5 rings (SSSR count). The molecule has 0 radical (unpaired) electrons. The summed E-state index contributed by atoms with van der Waals surface area (Å²) in [6, 6.07) is 15.6. The molecular formula is C28H34N2O3. The topological polar surface area (TPSA) is 49.9 Å². The molecule has 2 aromatic carbocycles. The van der Waals surface area contributed by atoms with Crippen LogP contribution >= 0.6 is 0 Å². The van der Waals surface area contributed by atoms with E-state index < -0.39 is 0 Å². The molecule has 0 spiro atoms. The lowest BCUT2D eigenvalue weighted by Crippen LogP contribution is -2.53. The number of likely N-dealkylation sites (tertiary alicyclic amines) is 1. The van der Waals surface area contributed by atoms with Crippen LogP contribution in [0.2, 0.25) is 0 Å². The fourth-order valence-electron chi connectivity index (χ4n) is 6.04. The summed E-state index contributed by atoms with van der Waals surface area (Å²) in [5, 5.41) is 0. The molecule has 0 aromatic heterocycles. The number of methoxy groups -OCH3 is 1. The van der Waals surface area contributed by atoms with Gasteiger partial charge in [-0.1, -0.05) is 49.6 Å². The van der Waals surface area contributed by atoms with Crippen molar-refractivity contribution in [2.24, 2.45) is 0 Å². The van der Waals surface area contributed by atoms with E-state index in [2.05, 4.69) is 4.90 Å². The molecule has 33 heavy (non-hydrogen) atoms. The van der Waals surface area contributed by atoms with Crippen molar-refractivity contribution >= 4 is 11.8 Å². The van der Waals surface area contributed by atoms with Crippen molar-refractivity contribution in [1.29, 1.82) is 0 Å². The van der Waals surface area contributed by atoms with Crippen molar-refractivity contribution in [3.05, 3.63) is 65.2 Å². The smallest absolute Gasteiger partial charge is 0.254 e. The number of ether oxygens (including phenoxy) is 1. The lowest BCUT2D eigenvalue weighted by Gasteiger charge is -2.48. The Morgan fingerprint density at radius 1 is 0.879 bits per heavy atom. The number of amides is 2. The zero-order chi connectivity index (χ0) is 22.8. The summed E-state index contributed by atoms with van der Waals surface area (Å²) in [5.74, 6) is 0.633. The van der Waals surface area contributed by atoms with Crippen molar-refractivity contribution in [1.82, 2.24) is 9.80 Å². The minimum absolute atomic E-state index is 0.0704. The largest absolute Gasteiger partial charge is 0.497 e. The third-order valence-corrected chi connectivity index (χ3v) is 7.74. The fourth-order valence-corrected chi connectivity index (χ4v) is 6.04. The maximum Gasteiger partial charge on any atom is 0.254 e. The van der Waals surface area contributed by atoms with Gasteiger partial charge in [0.25, 0.3) is 5.91 Å². The highest BCUT2D eigenvalue weighted by atomic mass is 16.5. The van der Waals surface area contributed by atoms with Gasteiger partial charge >= 0.3 is 0 Å². The molecule has 2 aliphatic heterocycles. The number of fused-ring (bicyclic) bond motifs is 1. The van der Waals surface area contributed by atoms with Crippen molar-refractivity contribution in [3.63, 3.8) is 0 Å². The van der Waals surface area contributed by atoms with Gasteiger partial charge in [-0.25, -0.2) is 0 Å². The van der Waals surface area contributed by atoms with Gasteiger partial charge < -0.3 is 14.5 Å². The first-order valence-electron chi connectivity index (χ1n) is 12.5. The molecule has 5 heteroatoms. The molecule has 1 saturated heterocycles. The monoisotopic (exact) mass is 446 g/mol. The minimum atomic E-state index is -0.382. The molecule has 1 saturated carbocycles. The average molecular weight is 447 g/mol. The molecule has 2 atom stereocenters. The summed E-state index contributed by atoms with van der Waals surface area (Å²) in [7, 11) is 1.66. The van der Waals surface area contributed by atoms with Gasteiger partial charge in [0, 0.05) is 24.7 Å². The second kappa shape index (κ2) is 9.58. The first-order chi connectivity index (χ1) is 16.2. The second-order valence-electron chi connectivity index (χ2n) is 9.67. The van der Waals surface area contributed by atoms with Gasteiger partial charge in [0.05, 0.1) is 19.1 Å². The first kappa shape index (κ1) is 22.0. The number of carbonyl (C=O) groups is 2. The van der Waals surface area contributed by atoms with Gasteiger partial charge in [0.1, 0.15) is 5.75 Å². The maximum absolute atomic E-state index is 14.1. The minimum Gasteiger partial charge on any atom is -0.497 e. The average Bonchev–Trinajstić information content (AvgIpc) is 2.89. The van der Waals surface area contributed by atoms with E-state index in [4.69, 9.17) is 4.74 Å². The van der Waals surface area contributed by atoms with Gasteiger partial charge in [0.2, 0.25) is 5.91 Å². The maximum atomic E-state index is 14.1. The van der Waals surface area contributed by atoms with Crippen LogP contribution in [0.1, 0.15) is 84.8 Å². The Kier molecular flexibility index (Phi) is 6.39. The third-order valence-electron chi connectivity index (χ3n) is 7.74. The molecule has 174 valence electrons. The summed E-state index contributed by atoms with van der Waals surface area (Å²) in [4.78, 5) is 32.2. The van der Waals surface area contributed by atoms with Crippen LogP contribution in [0.15, 0.2) is 48.5 Å². The number of carbonyl (C=O) groups excluding carboxylic acids is 2. The summed E-state index contributed by atoms with van der Waals surface area (Å²) in [5.41, 5.74) is 2.59. The third kappa shape index (κ3) is 4.14. The zero-order valence-electron chi connectivity index (χ0n) is 19.5. The molecule has 0 unspecified atom stereocenters. The van der Waals surface area contributed by atoms with Gasteiger partial charge in [-0.3, -0.25) is 9.59 Å². The van der Waals surface area contributed by atoms with Crippen molar-refractivity contribution in [2.75, 3.05) is 20.2 Å². The van der Waals surface area contributed by atoms with Gasteiger partial charge in [-0.2, -0.15) is 0 Å². The number of piperidine rings is 1. The van der Waals surface area contributed by atoms with Crippen LogP contribution in [0.4, 0.5) is 0 Å². The number of rotatable bonds is 4. The van der Waals surface area contributed by atoms with E-state index in [1.807, 2.05) is 53.4 Å². The van der Waals surface area contributed by atoms with E-state index in [-0.39, 0.29) is 29.8 Å². The van der Waals surface area contributed by atoms with Crippen molar-refractivity contribution < 1.29 is 14.3 Å². The SMILES string of the molecule is COc1ccc([C@@H]2[C@H](C(=O)N3CCCCC3)c3ccccc3C(=O)N2C2CCCCC2)cc1. The van der Waals surface area contributed by atoms with Crippen LogP contribution < -0.4 is 4.74 Å². The number of nitrogens with zero attached hydrogens (tertiary/aromatic N) is 2. The Hall–Kier alpha value is -2.82. The predicted octanol–water partition coefficient (Wildman–Crippen LogP) is 5.32. The normalized spacial score (nSPS) is 23.8. The Bertz CT molecular complexity index is 990. The Balaban J connectivity index is 1.64. The van der Waals surface area contributed by atoms with Crippen LogP contribution in [-0.4, -0.2) is 47.9 Å². The Labute approximate surface area is 196 Å². The Morgan fingerprint density at radius 2 is 1.55 bits per heavy atom. The summed E-state index contributed by atoms with van der Waals surface area (Å²) >= 11 is 0. The molecule has 3 aliphatic rings. The van der Waals surface area contributed by atoms with Crippen molar-refractivity contribution in [3.8, 4) is 5.75 Å². The number of hydrogen-bond acceptors (Lipinski definition) is 3. The standard InChI is InChI=1S/C28H34N2O3/c1-33-22-16-14-20(15-17-22)26-25(28(32)29-18-8-3-9-19-29)23-12-6-7-13-24(23)27(31)30(26)21-10-4-2-5-11-21/h6-7,12-17,21,25-26H,2-5,8-11,18-19H2,1H3/t25-,26-/m1/s1. The zero-order valence-corrected chi connectivity index (χ0v) is 19.5. The van der Waals surface area contributed by atoms with E-state index in [1.54, 1.807) is 7.11 Å². The first-order valence-corrected chi connectivity index (χ1v) is 12.5. The van der Waals surface area contributed by atoms with E-state index in [0.717, 1.165) is 68.5 Å². The van der Waals surface area contributed by atoms with Gasteiger partial charge in [-0.15, -0.1) is 0 Å². The molecule has 5 nitrogen and oxygen atoms in total. The highest BCUT2D eigenvalue weighted by Crippen LogP contribution is 2.46. The molecule has 0 bridgehead atoms. The molecule has 2 heterocycles. The van der Waals surface area contributed by atoms with Crippen LogP contribution in [0, 0.1) is 0 Å². The summed E-state index contributed by atoms with van der Waals surface area (Å²) in [6.45, 7) is 1.62. The van der Waals surface area contributed by atoms with Crippen molar-refractivity contribution in [2.45, 2.75) is 69.4 Å². The van der Waals surface area contributed by atoms with Gasteiger partial charge in [0.15, 0.2) is 0 Å². The molecular weight excluding hydrogens is 412 g/mol. The van der Waals surface area contributed by atoms with E-state index in [0.29, 0.717) is 5.56 Å². The Morgan fingerprint density at radius 3 is 2.24 bits per heavy atom. The predicted molar refractivity (Wildman–Crippen MR) is 128 cm³/mol. The number of hydrogen-bond donors (Lipinski definition) is 0. The molecule has 0 N–H and O–H groups in total. The highest BCUT2D eigenvalue weighted by Gasteiger charge is 2.47. The van der Waals surface area contributed by atoms with Crippen LogP contribution in [0.25, 0.3) is 0 Å². The second-order valence-corrected chi connectivity index (χ2v) is 9.67. The molecule has 2 fully saturated rings. The van der Waals surface area contributed by atoms with Gasteiger partial charge in [-0.05, 0) is 61.4 Å². The fraction of sp³-hybridized carbons (Fsp3) is 0.500. The lowest BCUT2D eigenvalue weighted by atomic mass is 9.76. The van der Waals surface area contributed by atoms with Crippen LogP contribution in [-0.2, 0) is 4.79 Å². The quantitative estimate of drug-likeness (QED) is 0.639. The van der Waals surface area contributed by atoms with E-state index in [9.17, 15) is 9.59 Å². The van der Waals surface area contributed by atoms with Crippen LogP contribution in [0.5, 0.6) is 5.75 Å². The molecule has 2 aromatic rings. The highest BCUT2D eigenvalue weighted by molar-refractivity contribution is 6.01. The van der Waals surface area contributed by atoms with E-state index >= 15 is 0 Å². The molecule has 1 aliphatic carbocycles. The molecule has 2 amide bonds. The summed E-state index contributed by atoms with van der Waals surface area (Å²) < 4.78 is 5.39. The van der Waals surface area contributed by atoms with E-state index in [1.165, 1.54) is 12.8 Å². The lowest BCUT2D eigenvalue weighted by molar-refractivity contribution is -0.135. The van der Waals surface area contributed by atoms with Crippen LogP contribution in [0.3, 0.4) is 0 Å². The number of benzene rings is 2.